The molecule has 0 aliphatic carbocycles. The molecule has 0 bridgehead atoms. The first-order valence-electron chi connectivity index (χ1n) is 6.81. The number of hydrogen-bond donors (Lipinski definition) is 1. The number of rotatable bonds is 8. The fourth-order valence-corrected chi connectivity index (χ4v) is 2.10. The lowest BCUT2D eigenvalue weighted by Gasteiger charge is -2.15. The average Bonchev–Trinajstić information content (AvgIpc) is 2.64. The first kappa shape index (κ1) is 14.2. The molecule has 0 saturated carbocycles. The average molecular weight is 238 g/mol. The minimum absolute atomic E-state index is 0.801. The Morgan fingerprint density at radius 3 is 2.59 bits per heavy atom. The van der Waals surface area contributed by atoms with Crippen LogP contribution in [0.4, 0.5) is 0 Å². The lowest BCUT2D eigenvalue weighted by Crippen LogP contribution is -2.22. The van der Waals surface area contributed by atoms with Crippen molar-refractivity contribution in [2.75, 3.05) is 6.54 Å². The topological polar surface area (TPSA) is 38.1 Å². The van der Waals surface area contributed by atoms with E-state index in [1.54, 1.807) is 0 Å². The highest BCUT2D eigenvalue weighted by Crippen LogP contribution is 2.14. The van der Waals surface area contributed by atoms with Gasteiger partial charge in [0.25, 0.3) is 0 Å². The first-order chi connectivity index (χ1) is 8.19. The molecule has 1 unspecified atom stereocenters. The van der Waals surface area contributed by atoms with Gasteiger partial charge in [0, 0.05) is 12.1 Å². The molecule has 0 aliphatic rings. The summed E-state index contributed by atoms with van der Waals surface area (Å²) in [5.41, 5.74) is 2.23. The van der Waals surface area contributed by atoms with E-state index in [9.17, 15) is 0 Å². The Labute approximate surface area is 105 Å². The van der Waals surface area contributed by atoms with Gasteiger partial charge in [0.1, 0.15) is 5.76 Å². The second-order valence-electron chi connectivity index (χ2n) is 4.85. The molecule has 0 saturated heterocycles. The van der Waals surface area contributed by atoms with Crippen molar-refractivity contribution in [2.45, 2.75) is 59.9 Å². The highest BCUT2D eigenvalue weighted by molar-refractivity contribution is 5.20. The Bertz CT molecular complexity index is 301. The molecule has 0 aromatic carbocycles. The van der Waals surface area contributed by atoms with E-state index < -0.39 is 0 Å². The minimum atomic E-state index is 0.801. The van der Waals surface area contributed by atoms with Gasteiger partial charge in [-0.15, -0.1) is 0 Å². The maximum absolute atomic E-state index is 5.15. The van der Waals surface area contributed by atoms with Crippen molar-refractivity contribution >= 4 is 0 Å². The number of aromatic nitrogens is 1. The van der Waals surface area contributed by atoms with Gasteiger partial charge in [0.15, 0.2) is 0 Å². The van der Waals surface area contributed by atoms with E-state index in [0.29, 0.717) is 0 Å². The van der Waals surface area contributed by atoms with Crippen molar-refractivity contribution in [3.63, 3.8) is 0 Å². The van der Waals surface area contributed by atoms with Gasteiger partial charge in [-0.05, 0) is 32.7 Å². The van der Waals surface area contributed by atoms with Crippen LogP contribution in [-0.2, 0) is 6.54 Å². The summed E-state index contributed by atoms with van der Waals surface area (Å²) in [4.78, 5) is 0. The third-order valence-corrected chi connectivity index (χ3v) is 3.46. The van der Waals surface area contributed by atoms with Gasteiger partial charge < -0.3 is 9.84 Å². The van der Waals surface area contributed by atoms with Gasteiger partial charge in [-0.1, -0.05) is 38.3 Å². The molecule has 17 heavy (non-hydrogen) atoms. The smallest absolute Gasteiger partial charge is 0.138 e. The molecule has 1 aromatic heterocycles. The van der Waals surface area contributed by atoms with Crippen LogP contribution in [0.15, 0.2) is 4.52 Å². The summed E-state index contributed by atoms with van der Waals surface area (Å²) in [5, 5.41) is 7.50. The molecule has 98 valence electrons. The predicted molar refractivity (Wildman–Crippen MR) is 71.0 cm³/mol. The largest absolute Gasteiger partial charge is 0.361 e. The molecule has 0 spiro atoms. The number of nitrogens with zero attached hydrogens (tertiary/aromatic N) is 1. The molecule has 3 nitrogen and oxygen atoms in total. The standard InChI is InChI=1S/C14H26N2O/c1-5-7-8-13(6-2)9-15-10-14-11(3)16-17-12(14)4/h13,15H,5-10H2,1-4H3. The second kappa shape index (κ2) is 7.49. The molecule has 1 rings (SSSR count). The van der Waals surface area contributed by atoms with Crippen LogP contribution in [0.3, 0.4) is 0 Å². The van der Waals surface area contributed by atoms with Gasteiger partial charge in [0.05, 0.1) is 5.69 Å². The molecule has 0 amide bonds. The van der Waals surface area contributed by atoms with Crippen molar-refractivity contribution in [3.8, 4) is 0 Å². The van der Waals surface area contributed by atoms with Crippen molar-refractivity contribution < 1.29 is 4.52 Å². The fourth-order valence-electron chi connectivity index (χ4n) is 2.10. The van der Waals surface area contributed by atoms with Crippen LogP contribution >= 0.6 is 0 Å². The Balaban J connectivity index is 2.31. The lowest BCUT2D eigenvalue weighted by atomic mass is 9.99. The summed E-state index contributed by atoms with van der Waals surface area (Å²) in [6.45, 7) is 10.5. The fraction of sp³-hybridized carbons (Fsp3) is 0.786. The summed E-state index contributed by atoms with van der Waals surface area (Å²) >= 11 is 0. The van der Waals surface area contributed by atoms with Gasteiger partial charge in [-0.3, -0.25) is 0 Å². The van der Waals surface area contributed by atoms with Crippen LogP contribution in [0.2, 0.25) is 0 Å². The lowest BCUT2D eigenvalue weighted by molar-refractivity contribution is 0.390. The highest BCUT2D eigenvalue weighted by Gasteiger charge is 2.10. The minimum Gasteiger partial charge on any atom is -0.361 e. The SMILES string of the molecule is CCCCC(CC)CNCc1c(C)noc1C. The zero-order chi connectivity index (χ0) is 12.7. The summed E-state index contributed by atoms with van der Waals surface area (Å²) in [6, 6.07) is 0. The van der Waals surface area contributed by atoms with E-state index >= 15 is 0 Å². The second-order valence-corrected chi connectivity index (χ2v) is 4.85. The van der Waals surface area contributed by atoms with E-state index in [2.05, 4.69) is 24.3 Å². The van der Waals surface area contributed by atoms with Crippen LogP contribution in [0.25, 0.3) is 0 Å². The van der Waals surface area contributed by atoms with Crippen LogP contribution in [0.1, 0.15) is 56.5 Å². The normalized spacial score (nSPS) is 12.9. The molecule has 0 radical (unpaired) electrons. The number of unbranched alkanes of at least 4 members (excludes halogenated alkanes) is 1. The molecule has 0 aliphatic heterocycles. The van der Waals surface area contributed by atoms with E-state index in [4.69, 9.17) is 4.52 Å². The molecule has 1 heterocycles. The molecule has 0 fully saturated rings. The number of hydrogen-bond acceptors (Lipinski definition) is 3. The van der Waals surface area contributed by atoms with Gasteiger partial charge in [-0.2, -0.15) is 0 Å². The summed E-state index contributed by atoms with van der Waals surface area (Å²) < 4.78 is 5.15. The quantitative estimate of drug-likeness (QED) is 0.752. The summed E-state index contributed by atoms with van der Waals surface area (Å²) in [6.07, 6.45) is 5.22. The highest BCUT2D eigenvalue weighted by atomic mass is 16.5. The van der Waals surface area contributed by atoms with Crippen LogP contribution < -0.4 is 5.32 Å². The zero-order valence-corrected chi connectivity index (χ0v) is 11.7. The maximum atomic E-state index is 5.15. The number of aryl methyl sites for hydroxylation is 2. The Morgan fingerprint density at radius 2 is 2.06 bits per heavy atom. The molecular weight excluding hydrogens is 212 g/mol. The molecule has 1 aromatic rings. The third kappa shape index (κ3) is 4.50. The van der Waals surface area contributed by atoms with E-state index in [1.807, 2.05) is 13.8 Å². The monoisotopic (exact) mass is 238 g/mol. The Hall–Kier alpha value is -0.830. The number of nitrogens with one attached hydrogen (secondary N) is 1. The summed E-state index contributed by atoms with van der Waals surface area (Å²) in [7, 11) is 0. The van der Waals surface area contributed by atoms with Crippen LogP contribution in [-0.4, -0.2) is 11.7 Å². The van der Waals surface area contributed by atoms with E-state index in [0.717, 1.165) is 30.5 Å². The molecule has 1 N–H and O–H groups in total. The molecule has 3 heteroatoms. The van der Waals surface area contributed by atoms with Crippen molar-refractivity contribution in [1.82, 2.24) is 10.5 Å². The maximum Gasteiger partial charge on any atom is 0.138 e. The third-order valence-electron chi connectivity index (χ3n) is 3.46. The predicted octanol–water partition coefficient (Wildman–Crippen LogP) is 3.60. The van der Waals surface area contributed by atoms with Crippen molar-refractivity contribution in [1.29, 1.82) is 0 Å². The zero-order valence-electron chi connectivity index (χ0n) is 11.7. The molecule has 1 atom stereocenters. The molecular formula is C14H26N2O. The van der Waals surface area contributed by atoms with Crippen molar-refractivity contribution in [2.24, 2.45) is 5.92 Å². The Kier molecular flexibility index (Phi) is 6.27. The van der Waals surface area contributed by atoms with Gasteiger partial charge in [0.2, 0.25) is 0 Å². The van der Waals surface area contributed by atoms with Crippen molar-refractivity contribution in [3.05, 3.63) is 17.0 Å². The van der Waals surface area contributed by atoms with Crippen LogP contribution in [0.5, 0.6) is 0 Å². The van der Waals surface area contributed by atoms with Gasteiger partial charge >= 0.3 is 0 Å². The first-order valence-corrected chi connectivity index (χ1v) is 6.81. The summed E-state index contributed by atoms with van der Waals surface area (Å²) in [5.74, 6) is 1.74. The van der Waals surface area contributed by atoms with E-state index in [1.165, 1.54) is 31.2 Å². The van der Waals surface area contributed by atoms with Crippen LogP contribution in [0, 0.1) is 19.8 Å². The Morgan fingerprint density at radius 1 is 1.29 bits per heavy atom. The van der Waals surface area contributed by atoms with Gasteiger partial charge in [-0.25, -0.2) is 0 Å². The van der Waals surface area contributed by atoms with E-state index in [-0.39, 0.29) is 0 Å².